The van der Waals surface area contributed by atoms with Gasteiger partial charge in [-0.25, -0.2) is 9.37 Å². The van der Waals surface area contributed by atoms with Crippen LogP contribution < -0.4 is 10.2 Å². The number of carbonyl (C=O) groups excluding carboxylic acids is 2. The van der Waals surface area contributed by atoms with Crippen molar-refractivity contribution in [2.75, 3.05) is 30.9 Å². The smallest absolute Gasteiger partial charge is 0.257 e. The van der Waals surface area contributed by atoms with Crippen molar-refractivity contribution in [2.45, 2.75) is 52.0 Å². The molecule has 2 aromatic carbocycles. The Balaban J connectivity index is 1.72. The minimum Gasteiger partial charge on any atom is -0.363 e. The number of hydrogen-bond donors (Lipinski definition) is 1. The zero-order chi connectivity index (χ0) is 27.6. The summed E-state index contributed by atoms with van der Waals surface area (Å²) in [7, 11) is 3.81. The number of amides is 2. The Morgan fingerprint density at radius 3 is 2.45 bits per heavy atom. The van der Waals surface area contributed by atoms with E-state index in [-0.39, 0.29) is 16.9 Å². The van der Waals surface area contributed by atoms with Gasteiger partial charge in [0.25, 0.3) is 5.91 Å². The van der Waals surface area contributed by atoms with Crippen molar-refractivity contribution >= 4 is 23.3 Å². The molecule has 0 bridgehead atoms. The molecular weight excluding hydrogens is 479 g/mol. The van der Waals surface area contributed by atoms with Crippen molar-refractivity contribution in [1.82, 2.24) is 9.88 Å². The van der Waals surface area contributed by atoms with Gasteiger partial charge in [0.15, 0.2) is 0 Å². The average Bonchev–Trinajstić information content (AvgIpc) is 2.87. The van der Waals surface area contributed by atoms with Gasteiger partial charge in [-0.3, -0.25) is 9.59 Å². The summed E-state index contributed by atoms with van der Waals surface area (Å²) in [4.78, 5) is 35.7. The topological polar surface area (TPSA) is 65.5 Å². The molecule has 2 heterocycles. The van der Waals surface area contributed by atoms with Crippen molar-refractivity contribution in [3.8, 4) is 0 Å². The number of anilines is 2. The lowest BCUT2D eigenvalue weighted by molar-refractivity contribution is -0.123. The van der Waals surface area contributed by atoms with Crippen molar-refractivity contribution in [1.29, 1.82) is 0 Å². The molecule has 1 aromatic heterocycles. The maximum atomic E-state index is 14.9. The molecule has 0 spiro atoms. The number of halogens is 1. The van der Waals surface area contributed by atoms with Crippen LogP contribution in [0.25, 0.3) is 0 Å². The van der Waals surface area contributed by atoms with Crippen molar-refractivity contribution < 1.29 is 14.0 Å². The molecule has 0 unspecified atom stereocenters. The van der Waals surface area contributed by atoms with Gasteiger partial charge in [0.05, 0.1) is 17.5 Å². The summed E-state index contributed by atoms with van der Waals surface area (Å²) in [6.07, 6.45) is 2.96. The molecule has 38 heavy (non-hydrogen) atoms. The predicted octanol–water partition coefficient (Wildman–Crippen LogP) is 6.12. The minimum absolute atomic E-state index is 0.0503. The Kier molecular flexibility index (Phi) is 7.86. The van der Waals surface area contributed by atoms with Crippen LogP contribution in [0.5, 0.6) is 0 Å². The number of aromatic nitrogens is 1. The Bertz CT molecular complexity index is 1290. The summed E-state index contributed by atoms with van der Waals surface area (Å²) in [5.74, 6) is -0.882. The highest BCUT2D eigenvalue weighted by molar-refractivity contribution is 5.98. The first-order chi connectivity index (χ1) is 18.0. The molecule has 6 nitrogen and oxygen atoms in total. The van der Waals surface area contributed by atoms with E-state index in [1.54, 1.807) is 30.2 Å². The molecule has 0 saturated carbocycles. The van der Waals surface area contributed by atoms with E-state index < -0.39 is 23.7 Å². The fourth-order valence-corrected chi connectivity index (χ4v) is 5.09. The molecule has 1 saturated heterocycles. The van der Waals surface area contributed by atoms with E-state index in [1.165, 1.54) is 6.07 Å². The van der Waals surface area contributed by atoms with Crippen LogP contribution in [0.15, 0.2) is 60.8 Å². The maximum Gasteiger partial charge on any atom is 0.257 e. The van der Waals surface area contributed by atoms with E-state index in [4.69, 9.17) is 0 Å². The molecule has 3 aromatic rings. The van der Waals surface area contributed by atoms with Crippen LogP contribution in [-0.4, -0.2) is 42.3 Å². The van der Waals surface area contributed by atoms with Crippen LogP contribution in [0.4, 0.5) is 15.9 Å². The van der Waals surface area contributed by atoms with Gasteiger partial charge in [0, 0.05) is 32.5 Å². The van der Waals surface area contributed by atoms with Crippen molar-refractivity contribution in [2.24, 2.45) is 5.92 Å². The lowest BCUT2D eigenvalue weighted by atomic mass is 9.83. The number of rotatable bonds is 5. The molecule has 2 atom stereocenters. The second-order valence-electron chi connectivity index (χ2n) is 11.3. The number of aryl methyl sites for hydroxylation is 1. The molecule has 1 N–H and O–H groups in total. The summed E-state index contributed by atoms with van der Waals surface area (Å²) in [6, 6.07) is 15.7. The Morgan fingerprint density at radius 1 is 1.08 bits per heavy atom. The second-order valence-corrected chi connectivity index (χ2v) is 11.3. The number of likely N-dealkylation sites (tertiary alicyclic amines) is 1. The third-order valence-electron chi connectivity index (χ3n) is 7.23. The number of benzene rings is 2. The number of piperidine rings is 1. The van der Waals surface area contributed by atoms with Crippen molar-refractivity contribution in [3.63, 3.8) is 0 Å². The van der Waals surface area contributed by atoms with Crippen LogP contribution >= 0.6 is 0 Å². The number of carbonyl (C=O) groups is 2. The van der Waals surface area contributed by atoms with E-state index in [0.29, 0.717) is 24.9 Å². The van der Waals surface area contributed by atoms with Gasteiger partial charge >= 0.3 is 0 Å². The summed E-state index contributed by atoms with van der Waals surface area (Å²) < 4.78 is 14.9. The Hall–Kier alpha value is -3.74. The highest BCUT2D eigenvalue weighted by Crippen LogP contribution is 2.39. The Morgan fingerprint density at radius 2 is 1.82 bits per heavy atom. The summed E-state index contributed by atoms with van der Waals surface area (Å²) in [6.45, 7) is 8.54. The summed E-state index contributed by atoms with van der Waals surface area (Å²) in [5.41, 5.74) is 3.15. The number of hydrogen-bond acceptors (Lipinski definition) is 4. The SMILES string of the molecule is Cc1cccc(F)c1C(=O)N1CCC[C@H](C(=O)Nc2cccc(C(C)(C)C)c2)[C@@H]1c1ccc(N(C)C)nc1. The third-order valence-corrected chi connectivity index (χ3v) is 7.23. The highest BCUT2D eigenvalue weighted by atomic mass is 19.1. The zero-order valence-electron chi connectivity index (χ0n) is 23.1. The molecular formula is C31H37FN4O2. The lowest BCUT2D eigenvalue weighted by Gasteiger charge is -2.41. The minimum atomic E-state index is -0.579. The molecule has 0 radical (unpaired) electrons. The first-order valence-corrected chi connectivity index (χ1v) is 13.1. The van der Waals surface area contributed by atoms with Crippen LogP contribution in [0.2, 0.25) is 0 Å². The largest absolute Gasteiger partial charge is 0.363 e. The van der Waals surface area contributed by atoms with Crippen LogP contribution in [0, 0.1) is 18.7 Å². The maximum absolute atomic E-state index is 14.9. The number of pyridine rings is 1. The molecule has 1 aliphatic heterocycles. The average molecular weight is 517 g/mol. The molecule has 0 aliphatic carbocycles. The van der Waals surface area contributed by atoms with E-state index >= 15 is 0 Å². The van der Waals surface area contributed by atoms with Gasteiger partial charge in [-0.1, -0.05) is 51.1 Å². The monoisotopic (exact) mass is 516 g/mol. The van der Waals surface area contributed by atoms with Gasteiger partial charge in [-0.15, -0.1) is 0 Å². The van der Waals surface area contributed by atoms with E-state index in [2.05, 4.69) is 31.1 Å². The molecule has 2 amide bonds. The fraction of sp³-hybridized carbons (Fsp3) is 0.387. The molecule has 200 valence electrons. The molecule has 7 heteroatoms. The molecule has 1 aliphatic rings. The highest BCUT2D eigenvalue weighted by Gasteiger charge is 2.40. The Labute approximate surface area is 224 Å². The summed E-state index contributed by atoms with van der Waals surface area (Å²) in [5, 5.41) is 3.10. The standard InChI is InChI=1S/C31H37FN4O2/c1-20-10-7-14-25(32)27(20)30(38)36-17-9-13-24(28(36)21-15-16-26(33-19-21)35(5)6)29(37)34-23-12-8-11-22(18-23)31(2,3)4/h7-8,10-12,14-16,18-19,24,28H,9,13,17H2,1-6H3,(H,34,37)/t24-,28-/m0/s1. The lowest BCUT2D eigenvalue weighted by Crippen LogP contribution is -2.46. The van der Waals surface area contributed by atoms with E-state index in [1.807, 2.05) is 55.4 Å². The normalized spacial score (nSPS) is 17.7. The van der Waals surface area contributed by atoms with Crippen molar-refractivity contribution in [3.05, 3.63) is 88.9 Å². The van der Waals surface area contributed by atoms with Gasteiger partial charge in [0.2, 0.25) is 5.91 Å². The predicted molar refractivity (Wildman–Crippen MR) is 150 cm³/mol. The third kappa shape index (κ3) is 5.72. The zero-order valence-corrected chi connectivity index (χ0v) is 23.1. The quantitative estimate of drug-likeness (QED) is 0.443. The first kappa shape index (κ1) is 27.3. The summed E-state index contributed by atoms with van der Waals surface area (Å²) >= 11 is 0. The fourth-order valence-electron chi connectivity index (χ4n) is 5.09. The van der Waals surface area contributed by atoms with Gasteiger partial charge < -0.3 is 15.1 Å². The van der Waals surface area contributed by atoms with Crippen LogP contribution in [0.1, 0.15) is 66.7 Å². The number of nitrogens with one attached hydrogen (secondary N) is 1. The van der Waals surface area contributed by atoms with Gasteiger partial charge in [0.1, 0.15) is 11.6 Å². The second kappa shape index (κ2) is 10.9. The van der Waals surface area contributed by atoms with Crippen LogP contribution in [-0.2, 0) is 10.2 Å². The number of nitrogens with zero attached hydrogens (tertiary/aromatic N) is 3. The van der Waals surface area contributed by atoms with Gasteiger partial charge in [-0.2, -0.15) is 0 Å². The van der Waals surface area contributed by atoms with E-state index in [9.17, 15) is 14.0 Å². The van der Waals surface area contributed by atoms with Gasteiger partial charge in [-0.05, 0) is 66.1 Å². The molecule has 4 rings (SSSR count). The first-order valence-electron chi connectivity index (χ1n) is 13.1. The van der Waals surface area contributed by atoms with E-state index in [0.717, 1.165) is 22.6 Å². The van der Waals surface area contributed by atoms with Crippen LogP contribution in [0.3, 0.4) is 0 Å². The molecule has 1 fully saturated rings.